The molecular formula is C38H60O11. The number of carbonyl (C=O) groups excluding carboxylic acids is 1. The Hall–Kier alpha value is -2.83. The molecule has 0 amide bonds. The molecule has 1 fully saturated rings. The first kappa shape index (κ1) is 42.3. The highest BCUT2D eigenvalue weighted by atomic mass is 16.7. The Balaban J connectivity index is 1.81. The normalized spacial score (nSPS) is 20.9. The van der Waals surface area contributed by atoms with Gasteiger partial charge in [-0.1, -0.05) is 101 Å². The molecule has 0 saturated carbocycles. The molecule has 0 aliphatic carbocycles. The van der Waals surface area contributed by atoms with E-state index >= 15 is 0 Å². The van der Waals surface area contributed by atoms with Gasteiger partial charge in [-0.05, 0) is 57.1 Å². The number of unbranched alkanes of at least 4 members (excludes halogenated alkanes) is 13. The molecule has 0 bridgehead atoms. The Bertz CT molecular complexity index is 1050. The van der Waals surface area contributed by atoms with Crippen LogP contribution in [0.15, 0.2) is 42.5 Å². The van der Waals surface area contributed by atoms with Crippen LogP contribution in [0.5, 0.6) is 0 Å². The second-order valence-corrected chi connectivity index (χ2v) is 12.8. The van der Waals surface area contributed by atoms with Gasteiger partial charge in [0.15, 0.2) is 18.3 Å². The number of allylic oxidation sites excluding steroid dienone is 2. The number of aliphatic carboxylic acids is 2. The first-order valence-corrected chi connectivity index (χ1v) is 18.3. The van der Waals surface area contributed by atoms with Gasteiger partial charge in [0.05, 0.1) is 12.2 Å². The first-order valence-electron chi connectivity index (χ1n) is 18.3. The van der Waals surface area contributed by atoms with Gasteiger partial charge in [-0.25, -0.2) is 4.79 Å². The maximum absolute atomic E-state index is 13.0. The van der Waals surface area contributed by atoms with Gasteiger partial charge in [-0.15, -0.1) is 0 Å². The monoisotopic (exact) mass is 692 g/mol. The smallest absolute Gasteiger partial charge is 0.338 e. The van der Waals surface area contributed by atoms with Crippen LogP contribution in [-0.2, 0) is 28.5 Å². The van der Waals surface area contributed by atoms with Crippen LogP contribution in [0.4, 0.5) is 0 Å². The number of ether oxygens (including phenoxy) is 4. The van der Waals surface area contributed by atoms with Crippen LogP contribution in [0.2, 0.25) is 0 Å². The lowest BCUT2D eigenvalue weighted by Crippen LogP contribution is -2.61. The van der Waals surface area contributed by atoms with Gasteiger partial charge >= 0.3 is 17.9 Å². The number of carboxylic acids is 2. The average molecular weight is 693 g/mol. The lowest BCUT2D eigenvalue weighted by atomic mass is 9.98. The molecule has 0 radical (unpaired) electrons. The zero-order valence-electron chi connectivity index (χ0n) is 29.3. The minimum Gasteiger partial charge on any atom is -0.481 e. The fourth-order valence-corrected chi connectivity index (χ4v) is 5.83. The van der Waals surface area contributed by atoms with Gasteiger partial charge in [-0.2, -0.15) is 0 Å². The number of esters is 1. The Kier molecular flexibility index (Phi) is 22.5. The van der Waals surface area contributed by atoms with Gasteiger partial charge < -0.3 is 39.4 Å². The van der Waals surface area contributed by atoms with Crippen molar-refractivity contribution in [3.63, 3.8) is 0 Å². The second-order valence-electron chi connectivity index (χ2n) is 12.8. The van der Waals surface area contributed by atoms with Crippen molar-refractivity contribution in [3.8, 4) is 0 Å². The maximum Gasteiger partial charge on any atom is 0.338 e. The molecule has 4 N–H and O–H groups in total. The summed E-state index contributed by atoms with van der Waals surface area (Å²) in [7, 11) is 0. The van der Waals surface area contributed by atoms with E-state index in [2.05, 4.69) is 19.1 Å². The van der Waals surface area contributed by atoms with E-state index in [1.165, 1.54) is 64.2 Å². The summed E-state index contributed by atoms with van der Waals surface area (Å²) in [6.45, 7) is 2.06. The van der Waals surface area contributed by atoms with Crippen LogP contribution in [0.25, 0.3) is 0 Å². The summed E-state index contributed by atoms with van der Waals surface area (Å²) in [6.07, 6.45) is 15.8. The SMILES string of the molecule is CCCC=CCCCCCCCCCCCCCO[C@@H]1O[C@H](CO)[C@H](O)[C@H](OC(=O)c2ccccc2)[C@H]1OCCCCC(C(=O)O)C(=O)O. The molecule has 0 aromatic heterocycles. The number of aliphatic hydroxyl groups excluding tert-OH is 2. The molecule has 1 aliphatic heterocycles. The summed E-state index contributed by atoms with van der Waals surface area (Å²) in [5.74, 6) is -5.00. The molecule has 5 atom stereocenters. The Morgan fingerprint density at radius 2 is 1.31 bits per heavy atom. The number of aliphatic hydroxyl groups is 2. The standard InChI is InChI=1S/C38H60O11/c1-2-3-4-5-6-7-8-9-10-11-12-13-14-15-16-21-27-47-38-34(46-26-22-20-25-30(35(41)42)36(43)44)33(32(40)31(28-39)48-38)49-37(45)29-23-18-17-19-24-29/h4-5,17-19,23-24,30-34,38-40H,2-3,6-16,20-22,25-28H2,1H3,(H,41,42)(H,43,44)/t31-,32+,33+,34-,38-/m1/s1. The Morgan fingerprint density at radius 3 is 1.90 bits per heavy atom. The molecule has 1 aliphatic rings. The predicted molar refractivity (Wildman–Crippen MR) is 185 cm³/mol. The average Bonchev–Trinajstić information content (AvgIpc) is 3.09. The number of carbonyl (C=O) groups is 3. The van der Waals surface area contributed by atoms with Crippen molar-refractivity contribution in [1.82, 2.24) is 0 Å². The molecule has 49 heavy (non-hydrogen) atoms. The van der Waals surface area contributed by atoms with Crippen molar-refractivity contribution in [2.75, 3.05) is 19.8 Å². The second kappa shape index (κ2) is 26.0. The van der Waals surface area contributed by atoms with Crippen molar-refractivity contribution in [2.45, 2.75) is 147 Å². The van der Waals surface area contributed by atoms with E-state index in [0.29, 0.717) is 13.0 Å². The molecular weight excluding hydrogens is 632 g/mol. The number of hydrogen-bond donors (Lipinski definition) is 4. The van der Waals surface area contributed by atoms with E-state index < -0.39 is 61.1 Å². The summed E-state index contributed by atoms with van der Waals surface area (Å²) < 4.78 is 23.7. The molecule has 11 heteroatoms. The lowest BCUT2D eigenvalue weighted by Gasteiger charge is -2.43. The number of carboxylic acid groups (broad SMARTS) is 2. The molecule has 0 unspecified atom stereocenters. The Morgan fingerprint density at radius 1 is 0.755 bits per heavy atom. The van der Waals surface area contributed by atoms with Gasteiger partial charge in [0, 0.05) is 13.2 Å². The molecule has 1 heterocycles. The third kappa shape index (κ3) is 17.1. The fraction of sp³-hybridized carbons (Fsp3) is 0.711. The molecule has 2 rings (SSSR count). The molecule has 1 saturated heterocycles. The van der Waals surface area contributed by atoms with Crippen LogP contribution < -0.4 is 0 Å². The highest BCUT2D eigenvalue weighted by molar-refractivity contribution is 5.92. The zero-order chi connectivity index (χ0) is 35.7. The minimum atomic E-state index is -1.52. The zero-order valence-corrected chi connectivity index (χ0v) is 29.3. The lowest BCUT2D eigenvalue weighted by molar-refractivity contribution is -0.309. The first-order chi connectivity index (χ1) is 23.8. The van der Waals surface area contributed by atoms with Gasteiger partial charge in [0.25, 0.3) is 0 Å². The van der Waals surface area contributed by atoms with Crippen molar-refractivity contribution in [3.05, 3.63) is 48.0 Å². The third-order valence-corrected chi connectivity index (χ3v) is 8.76. The summed E-state index contributed by atoms with van der Waals surface area (Å²) in [4.78, 5) is 35.4. The summed E-state index contributed by atoms with van der Waals surface area (Å²) >= 11 is 0. The van der Waals surface area contributed by atoms with Crippen LogP contribution >= 0.6 is 0 Å². The van der Waals surface area contributed by atoms with Gasteiger partial charge in [0.1, 0.15) is 18.3 Å². The van der Waals surface area contributed by atoms with Gasteiger partial charge in [0.2, 0.25) is 0 Å². The summed E-state index contributed by atoms with van der Waals surface area (Å²) in [6, 6.07) is 8.29. The maximum atomic E-state index is 13.0. The van der Waals surface area contributed by atoms with E-state index in [0.717, 1.165) is 25.7 Å². The van der Waals surface area contributed by atoms with E-state index in [9.17, 15) is 24.6 Å². The van der Waals surface area contributed by atoms with Crippen molar-refractivity contribution >= 4 is 17.9 Å². The highest BCUT2D eigenvalue weighted by Gasteiger charge is 2.48. The largest absolute Gasteiger partial charge is 0.481 e. The topological polar surface area (TPSA) is 169 Å². The minimum absolute atomic E-state index is 0.0478. The molecule has 1 aromatic rings. The van der Waals surface area contributed by atoms with Crippen LogP contribution in [0.1, 0.15) is 126 Å². The Labute approximate surface area is 292 Å². The quantitative estimate of drug-likeness (QED) is 0.0320. The van der Waals surface area contributed by atoms with Crippen LogP contribution in [-0.4, -0.2) is 88.9 Å². The highest BCUT2D eigenvalue weighted by Crippen LogP contribution is 2.28. The number of hydrogen-bond acceptors (Lipinski definition) is 9. The third-order valence-electron chi connectivity index (χ3n) is 8.76. The van der Waals surface area contributed by atoms with Crippen molar-refractivity contribution in [1.29, 1.82) is 0 Å². The number of benzene rings is 1. The van der Waals surface area contributed by atoms with E-state index in [-0.39, 0.29) is 25.0 Å². The molecule has 0 spiro atoms. The predicted octanol–water partition coefficient (Wildman–Crippen LogP) is 6.69. The van der Waals surface area contributed by atoms with E-state index in [1.807, 2.05) is 0 Å². The van der Waals surface area contributed by atoms with Crippen LogP contribution in [0.3, 0.4) is 0 Å². The fourth-order valence-electron chi connectivity index (χ4n) is 5.83. The molecule has 278 valence electrons. The van der Waals surface area contributed by atoms with E-state index in [4.69, 9.17) is 29.2 Å². The van der Waals surface area contributed by atoms with Gasteiger partial charge in [-0.3, -0.25) is 9.59 Å². The molecule has 11 nitrogen and oxygen atoms in total. The summed E-state index contributed by atoms with van der Waals surface area (Å²) in [5.41, 5.74) is 0.275. The summed E-state index contributed by atoms with van der Waals surface area (Å²) in [5, 5.41) is 39.2. The van der Waals surface area contributed by atoms with Crippen molar-refractivity contribution < 1.29 is 53.8 Å². The van der Waals surface area contributed by atoms with Crippen LogP contribution in [0, 0.1) is 5.92 Å². The van der Waals surface area contributed by atoms with E-state index in [1.54, 1.807) is 30.3 Å². The molecule has 1 aromatic carbocycles. The number of rotatable bonds is 28. The van der Waals surface area contributed by atoms with Crippen molar-refractivity contribution in [2.24, 2.45) is 5.92 Å².